The van der Waals surface area contributed by atoms with Crippen LogP contribution in [0.3, 0.4) is 0 Å². The van der Waals surface area contributed by atoms with E-state index in [1.165, 1.54) is 0 Å². The van der Waals surface area contributed by atoms with Crippen LogP contribution in [0.1, 0.15) is 37.7 Å². The highest BCUT2D eigenvalue weighted by Crippen LogP contribution is 2.30. The number of carbonyl (C=O) groups is 2. The van der Waals surface area contributed by atoms with Gasteiger partial charge in [0.25, 0.3) is 5.91 Å². The molecular formula is C24H29N5O3. The van der Waals surface area contributed by atoms with Gasteiger partial charge in [-0.3, -0.25) is 14.8 Å². The Morgan fingerprint density at radius 2 is 1.81 bits per heavy atom. The van der Waals surface area contributed by atoms with E-state index in [2.05, 4.69) is 25.5 Å². The smallest absolute Gasteiger partial charge is 0.407 e. The Kier molecular flexibility index (Phi) is 7.25. The van der Waals surface area contributed by atoms with E-state index in [0.717, 1.165) is 24.0 Å². The first kappa shape index (κ1) is 23.0. The van der Waals surface area contributed by atoms with E-state index in [-0.39, 0.29) is 5.91 Å². The fraction of sp³-hybridized carbons (Fsp3) is 0.333. The average molecular weight is 436 g/mol. The number of alkyl carbamates (subject to hydrolysis) is 1. The van der Waals surface area contributed by atoms with Crippen LogP contribution >= 0.6 is 0 Å². The fourth-order valence-corrected chi connectivity index (χ4v) is 3.22. The van der Waals surface area contributed by atoms with Gasteiger partial charge in [-0.1, -0.05) is 6.07 Å². The molecule has 0 atom stereocenters. The first-order valence-electron chi connectivity index (χ1n) is 10.5. The number of pyridine rings is 2. The summed E-state index contributed by atoms with van der Waals surface area (Å²) in [6.07, 6.45) is 3.62. The Morgan fingerprint density at radius 1 is 1.03 bits per heavy atom. The van der Waals surface area contributed by atoms with Gasteiger partial charge in [0.05, 0.1) is 11.2 Å². The average Bonchev–Trinajstić information content (AvgIpc) is 2.76. The largest absolute Gasteiger partial charge is 0.444 e. The summed E-state index contributed by atoms with van der Waals surface area (Å²) in [4.78, 5) is 35.0. The van der Waals surface area contributed by atoms with Gasteiger partial charge < -0.3 is 20.3 Å². The molecule has 168 valence electrons. The fourth-order valence-electron chi connectivity index (χ4n) is 3.22. The van der Waals surface area contributed by atoms with E-state index in [1.54, 1.807) is 30.6 Å². The lowest BCUT2D eigenvalue weighted by Crippen LogP contribution is -2.34. The van der Waals surface area contributed by atoms with Crippen LogP contribution in [0, 0.1) is 0 Å². The van der Waals surface area contributed by atoms with Gasteiger partial charge in [-0.15, -0.1) is 0 Å². The summed E-state index contributed by atoms with van der Waals surface area (Å²) < 4.78 is 5.25. The molecular weight excluding hydrogens is 406 g/mol. The van der Waals surface area contributed by atoms with Crippen LogP contribution in [-0.2, 0) is 4.74 Å². The minimum atomic E-state index is -0.513. The number of hydrogen-bond acceptors (Lipinski definition) is 6. The molecule has 0 radical (unpaired) electrons. The zero-order valence-electron chi connectivity index (χ0n) is 18.9. The van der Waals surface area contributed by atoms with Crippen molar-refractivity contribution in [3.63, 3.8) is 0 Å². The molecule has 3 aromatic rings. The Hall–Kier alpha value is -3.68. The van der Waals surface area contributed by atoms with Gasteiger partial charge in [0.1, 0.15) is 11.3 Å². The Balaban J connectivity index is 1.67. The SMILES string of the molecule is CN(CCCNC(=O)OC(C)(C)C)c1ccc(NC(=O)c2ccccn2)c2ncccc12. The van der Waals surface area contributed by atoms with Crippen molar-refractivity contribution in [2.45, 2.75) is 32.8 Å². The van der Waals surface area contributed by atoms with Crippen LogP contribution in [-0.4, -0.2) is 47.7 Å². The molecule has 2 N–H and O–H groups in total. The molecule has 0 aliphatic rings. The topological polar surface area (TPSA) is 96.5 Å². The molecule has 0 bridgehead atoms. The maximum atomic E-state index is 12.5. The van der Waals surface area contributed by atoms with Gasteiger partial charge in [0.2, 0.25) is 0 Å². The summed E-state index contributed by atoms with van der Waals surface area (Å²) in [5.74, 6) is -0.285. The summed E-state index contributed by atoms with van der Waals surface area (Å²) in [6, 6.07) is 12.9. The highest BCUT2D eigenvalue weighted by Gasteiger charge is 2.16. The lowest BCUT2D eigenvalue weighted by atomic mass is 10.1. The number of nitrogens with zero attached hydrogens (tertiary/aromatic N) is 3. The van der Waals surface area contributed by atoms with E-state index >= 15 is 0 Å². The van der Waals surface area contributed by atoms with Crippen molar-refractivity contribution in [3.8, 4) is 0 Å². The summed E-state index contributed by atoms with van der Waals surface area (Å²) >= 11 is 0. The number of nitrogens with one attached hydrogen (secondary N) is 2. The van der Waals surface area contributed by atoms with E-state index in [4.69, 9.17) is 4.74 Å². The third-order valence-electron chi connectivity index (χ3n) is 4.64. The van der Waals surface area contributed by atoms with Gasteiger partial charge >= 0.3 is 6.09 Å². The van der Waals surface area contributed by atoms with E-state index < -0.39 is 11.7 Å². The number of hydrogen-bond donors (Lipinski definition) is 2. The lowest BCUT2D eigenvalue weighted by molar-refractivity contribution is 0.0527. The van der Waals surface area contributed by atoms with Gasteiger partial charge in [-0.2, -0.15) is 0 Å². The molecule has 32 heavy (non-hydrogen) atoms. The molecule has 8 nitrogen and oxygen atoms in total. The molecule has 0 fully saturated rings. The van der Waals surface area contributed by atoms with E-state index in [0.29, 0.717) is 23.4 Å². The molecule has 3 rings (SSSR count). The van der Waals surface area contributed by atoms with Crippen LogP contribution in [0.4, 0.5) is 16.2 Å². The summed E-state index contributed by atoms with van der Waals surface area (Å²) in [5.41, 5.74) is 2.14. The zero-order valence-corrected chi connectivity index (χ0v) is 18.9. The zero-order chi connectivity index (χ0) is 23.1. The standard InChI is InChI=1S/C24H29N5O3/c1-24(2,3)32-23(31)27-15-8-16-29(4)20-12-11-18(21-17(20)9-7-14-26-21)28-22(30)19-10-5-6-13-25-19/h5-7,9-14H,8,15-16H2,1-4H3,(H,27,31)(H,28,30). The Morgan fingerprint density at radius 3 is 2.53 bits per heavy atom. The number of aromatic nitrogens is 2. The van der Waals surface area contributed by atoms with Crippen LogP contribution in [0.2, 0.25) is 0 Å². The number of rotatable bonds is 7. The number of amides is 2. The highest BCUT2D eigenvalue weighted by molar-refractivity contribution is 6.09. The summed E-state index contributed by atoms with van der Waals surface area (Å²) in [5, 5.41) is 6.61. The van der Waals surface area contributed by atoms with Crippen LogP contribution in [0.15, 0.2) is 54.9 Å². The first-order valence-corrected chi connectivity index (χ1v) is 10.5. The van der Waals surface area contributed by atoms with Gasteiger partial charge in [-0.05, 0) is 63.6 Å². The Labute approximate surface area is 188 Å². The predicted octanol–water partition coefficient (Wildman–Crippen LogP) is 4.23. The van der Waals surface area contributed by atoms with Crippen molar-refractivity contribution in [2.24, 2.45) is 0 Å². The summed E-state index contributed by atoms with van der Waals surface area (Å²) in [7, 11) is 1.99. The number of anilines is 2. The second kappa shape index (κ2) is 10.1. The number of benzene rings is 1. The van der Waals surface area contributed by atoms with E-state index in [9.17, 15) is 9.59 Å². The molecule has 2 aromatic heterocycles. The molecule has 0 saturated carbocycles. The molecule has 0 spiro atoms. The minimum absolute atomic E-state index is 0.285. The minimum Gasteiger partial charge on any atom is -0.444 e. The van der Waals surface area contributed by atoms with E-state index in [1.807, 2.05) is 52.1 Å². The first-order chi connectivity index (χ1) is 15.2. The van der Waals surface area contributed by atoms with Crippen LogP contribution in [0.25, 0.3) is 10.9 Å². The lowest BCUT2D eigenvalue weighted by Gasteiger charge is -2.23. The number of carbonyl (C=O) groups excluding carboxylic acids is 2. The predicted molar refractivity (Wildman–Crippen MR) is 126 cm³/mol. The van der Waals surface area contributed by atoms with Crippen molar-refractivity contribution in [2.75, 3.05) is 30.4 Å². The maximum Gasteiger partial charge on any atom is 0.407 e. The summed E-state index contributed by atoms with van der Waals surface area (Å²) in [6.45, 7) is 6.74. The number of fused-ring (bicyclic) bond motifs is 1. The van der Waals surface area contributed by atoms with Crippen LogP contribution < -0.4 is 15.5 Å². The molecule has 0 aliphatic heterocycles. The molecule has 2 heterocycles. The monoisotopic (exact) mass is 435 g/mol. The second-order valence-electron chi connectivity index (χ2n) is 8.40. The molecule has 0 aliphatic carbocycles. The quantitative estimate of drug-likeness (QED) is 0.539. The molecule has 2 amide bonds. The van der Waals surface area contributed by atoms with Gasteiger partial charge in [0.15, 0.2) is 0 Å². The van der Waals surface area contributed by atoms with Crippen LogP contribution in [0.5, 0.6) is 0 Å². The van der Waals surface area contributed by atoms with Crippen molar-refractivity contribution in [1.29, 1.82) is 0 Å². The van der Waals surface area contributed by atoms with Crippen molar-refractivity contribution < 1.29 is 14.3 Å². The third-order valence-corrected chi connectivity index (χ3v) is 4.64. The molecule has 0 saturated heterocycles. The van der Waals surface area contributed by atoms with Crippen molar-refractivity contribution in [1.82, 2.24) is 15.3 Å². The molecule has 8 heteroatoms. The van der Waals surface area contributed by atoms with Gasteiger partial charge in [0, 0.05) is 43.6 Å². The normalized spacial score (nSPS) is 11.1. The third kappa shape index (κ3) is 6.16. The van der Waals surface area contributed by atoms with Crippen molar-refractivity contribution >= 4 is 34.3 Å². The number of ether oxygens (including phenoxy) is 1. The highest BCUT2D eigenvalue weighted by atomic mass is 16.6. The van der Waals surface area contributed by atoms with Gasteiger partial charge in [-0.25, -0.2) is 4.79 Å². The van der Waals surface area contributed by atoms with Crippen molar-refractivity contribution in [3.05, 3.63) is 60.6 Å². The molecule has 1 aromatic carbocycles. The Bertz CT molecular complexity index is 1080. The maximum absolute atomic E-state index is 12.5. The second-order valence-corrected chi connectivity index (χ2v) is 8.40. The molecule has 0 unspecified atom stereocenters.